The van der Waals surface area contributed by atoms with Gasteiger partial charge in [0.15, 0.2) is 0 Å². The highest BCUT2D eigenvalue weighted by molar-refractivity contribution is 9.10. The molecule has 0 aromatic heterocycles. The molecule has 1 heterocycles. The Hall–Kier alpha value is -1.13. The Morgan fingerprint density at radius 1 is 1.44 bits per heavy atom. The van der Waals surface area contributed by atoms with Crippen LogP contribution in [0.15, 0.2) is 34.3 Å². The van der Waals surface area contributed by atoms with Crippen LogP contribution in [0.5, 0.6) is 0 Å². The number of halogens is 1. The molecule has 1 aromatic carbocycles. The zero-order valence-corrected chi connectivity index (χ0v) is 11.8. The van der Waals surface area contributed by atoms with Crippen LogP contribution in [0.25, 0.3) is 6.08 Å². The Morgan fingerprint density at radius 2 is 2.17 bits per heavy atom. The molecular weight excluding hydrogens is 296 g/mol. The van der Waals surface area contributed by atoms with Gasteiger partial charge in [-0.15, -0.1) is 0 Å². The molecule has 0 N–H and O–H groups in total. The smallest absolute Gasteiger partial charge is 0.336 e. The van der Waals surface area contributed by atoms with Crippen molar-refractivity contribution in [2.45, 2.75) is 18.9 Å². The van der Waals surface area contributed by atoms with Crippen molar-refractivity contribution in [3.05, 3.63) is 39.9 Å². The summed E-state index contributed by atoms with van der Waals surface area (Å²) in [5, 5.41) is 0. The lowest BCUT2D eigenvalue weighted by atomic mass is 10.0. The lowest BCUT2D eigenvalue weighted by Crippen LogP contribution is -2.18. The SMILES string of the molecule is COC(=O)/C(=C/c1ccc(Br)cc1)C1CCCO1. The van der Waals surface area contributed by atoms with Crippen molar-refractivity contribution in [2.24, 2.45) is 0 Å². The molecule has 0 amide bonds. The lowest BCUT2D eigenvalue weighted by Gasteiger charge is -2.12. The zero-order valence-electron chi connectivity index (χ0n) is 10.2. The van der Waals surface area contributed by atoms with Gasteiger partial charge in [0.25, 0.3) is 0 Å². The predicted molar refractivity (Wildman–Crippen MR) is 73.1 cm³/mol. The molecule has 0 bridgehead atoms. The highest BCUT2D eigenvalue weighted by atomic mass is 79.9. The van der Waals surface area contributed by atoms with Crippen molar-refractivity contribution < 1.29 is 14.3 Å². The summed E-state index contributed by atoms with van der Waals surface area (Å²) in [4.78, 5) is 11.8. The number of methoxy groups -OCH3 is 1. The molecule has 0 spiro atoms. The molecule has 1 aliphatic heterocycles. The van der Waals surface area contributed by atoms with Crippen molar-refractivity contribution in [1.82, 2.24) is 0 Å². The van der Waals surface area contributed by atoms with Crippen molar-refractivity contribution in [2.75, 3.05) is 13.7 Å². The van der Waals surface area contributed by atoms with E-state index in [2.05, 4.69) is 15.9 Å². The topological polar surface area (TPSA) is 35.5 Å². The average molecular weight is 311 g/mol. The first-order chi connectivity index (χ1) is 8.70. The molecular formula is C14H15BrO3. The summed E-state index contributed by atoms with van der Waals surface area (Å²) in [7, 11) is 1.40. The number of benzene rings is 1. The molecule has 4 heteroatoms. The highest BCUT2D eigenvalue weighted by Gasteiger charge is 2.25. The fourth-order valence-corrected chi connectivity index (χ4v) is 2.23. The molecule has 1 unspecified atom stereocenters. The van der Waals surface area contributed by atoms with E-state index >= 15 is 0 Å². The maximum absolute atomic E-state index is 11.8. The van der Waals surface area contributed by atoms with Crippen LogP contribution in [0.4, 0.5) is 0 Å². The second kappa shape index (κ2) is 6.16. The number of ether oxygens (including phenoxy) is 2. The molecule has 0 saturated carbocycles. The third-order valence-corrected chi connectivity index (χ3v) is 3.42. The van der Waals surface area contributed by atoms with Gasteiger partial charge in [-0.2, -0.15) is 0 Å². The second-order valence-electron chi connectivity index (χ2n) is 4.14. The number of hydrogen-bond acceptors (Lipinski definition) is 3. The summed E-state index contributed by atoms with van der Waals surface area (Å²) >= 11 is 3.38. The predicted octanol–water partition coefficient (Wildman–Crippen LogP) is 3.18. The standard InChI is InChI=1S/C14H15BrO3/c1-17-14(16)12(13-3-2-8-18-13)9-10-4-6-11(15)7-5-10/h4-7,9,13H,2-3,8H2,1H3/b12-9+. The molecule has 1 atom stereocenters. The molecule has 18 heavy (non-hydrogen) atoms. The Balaban J connectivity index is 2.27. The van der Waals surface area contributed by atoms with Crippen LogP contribution < -0.4 is 0 Å². The van der Waals surface area contributed by atoms with Gasteiger partial charge < -0.3 is 9.47 Å². The van der Waals surface area contributed by atoms with E-state index in [0.717, 1.165) is 22.9 Å². The highest BCUT2D eigenvalue weighted by Crippen LogP contribution is 2.23. The molecule has 0 aliphatic carbocycles. The Labute approximate surface area is 115 Å². The van der Waals surface area contributed by atoms with E-state index in [1.165, 1.54) is 7.11 Å². The van der Waals surface area contributed by atoms with Crippen LogP contribution in [0, 0.1) is 0 Å². The van der Waals surface area contributed by atoms with Gasteiger partial charge >= 0.3 is 5.97 Å². The van der Waals surface area contributed by atoms with Gasteiger partial charge in [-0.3, -0.25) is 0 Å². The average Bonchev–Trinajstić information content (AvgIpc) is 2.91. The van der Waals surface area contributed by atoms with Gasteiger partial charge in [-0.1, -0.05) is 28.1 Å². The maximum Gasteiger partial charge on any atom is 0.336 e. The van der Waals surface area contributed by atoms with Crippen LogP contribution in [-0.2, 0) is 14.3 Å². The summed E-state index contributed by atoms with van der Waals surface area (Å²) in [6.45, 7) is 0.708. The normalized spacial score (nSPS) is 19.9. The number of rotatable bonds is 3. The van der Waals surface area contributed by atoms with E-state index < -0.39 is 0 Å². The molecule has 1 aromatic rings. The number of carbonyl (C=O) groups is 1. The number of esters is 1. The van der Waals surface area contributed by atoms with E-state index in [-0.39, 0.29) is 12.1 Å². The Kier molecular flexibility index (Phi) is 4.55. The molecule has 1 saturated heterocycles. The van der Waals surface area contributed by atoms with Gasteiger partial charge in [-0.25, -0.2) is 4.79 Å². The van der Waals surface area contributed by atoms with Crippen LogP contribution in [0.1, 0.15) is 18.4 Å². The zero-order chi connectivity index (χ0) is 13.0. The summed E-state index contributed by atoms with van der Waals surface area (Å²) in [6, 6.07) is 7.77. The molecule has 3 nitrogen and oxygen atoms in total. The van der Waals surface area contributed by atoms with Crippen molar-refractivity contribution in [1.29, 1.82) is 0 Å². The minimum absolute atomic E-state index is 0.138. The third-order valence-electron chi connectivity index (χ3n) is 2.89. The first kappa shape index (κ1) is 13.3. The monoisotopic (exact) mass is 310 g/mol. The Bertz CT molecular complexity index is 445. The van der Waals surface area contributed by atoms with Crippen LogP contribution in [0.3, 0.4) is 0 Å². The lowest BCUT2D eigenvalue weighted by molar-refractivity contribution is -0.137. The van der Waals surface area contributed by atoms with Gasteiger partial charge in [0.2, 0.25) is 0 Å². The van der Waals surface area contributed by atoms with E-state index in [1.54, 1.807) is 0 Å². The van der Waals surface area contributed by atoms with Crippen LogP contribution in [0.2, 0.25) is 0 Å². The fourth-order valence-electron chi connectivity index (χ4n) is 1.96. The van der Waals surface area contributed by atoms with E-state index in [9.17, 15) is 4.79 Å². The summed E-state index contributed by atoms with van der Waals surface area (Å²) in [5.74, 6) is -0.315. The summed E-state index contributed by atoms with van der Waals surface area (Å²) in [5.41, 5.74) is 1.56. The van der Waals surface area contributed by atoms with Crippen molar-refractivity contribution in [3.8, 4) is 0 Å². The second-order valence-corrected chi connectivity index (χ2v) is 5.06. The van der Waals surface area contributed by atoms with Crippen LogP contribution >= 0.6 is 15.9 Å². The van der Waals surface area contributed by atoms with Gasteiger partial charge in [0.05, 0.1) is 18.8 Å². The maximum atomic E-state index is 11.8. The van der Waals surface area contributed by atoms with Gasteiger partial charge in [0, 0.05) is 11.1 Å². The minimum Gasteiger partial charge on any atom is -0.466 e. The van der Waals surface area contributed by atoms with E-state index in [4.69, 9.17) is 9.47 Å². The van der Waals surface area contributed by atoms with Crippen LogP contribution in [-0.4, -0.2) is 25.8 Å². The fraction of sp³-hybridized carbons (Fsp3) is 0.357. The number of carbonyl (C=O) groups excluding carboxylic acids is 1. The first-order valence-electron chi connectivity index (χ1n) is 5.88. The molecule has 96 valence electrons. The minimum atomic E-state index is -0.315. The summed E-state index contributed by atoms with van der Waals surface area (Å²) < 4.78 is 11.4. The Morgan fingerprint density at radius 3 is 2.72 bits per heavy atom. The molecule has 0 radical (unpaired) electrons. The molecule has 1 fully saturated rings. The largest absolute Gasteiger partial charge is 0.466 e. The van der Waals surface area contributed by atoms with E-state index in [0.29, 0.717) is 12.2 Å². The van der Waals surface area contributed by atoms with Gasteiger partial charge in [0.1, 0.15) is 0 Å². The molecule has 2 rings (SSSR count). The summed E-state index contributed by atoms with van der Waals surface area (Å²) in [6.07, 6.45) is 3.56. The van der Waals surface area contributed by atoms with E-state index in [1.807, 2.05) is 30.3 Å². The van der Waals surface area contributed by atoms with Crippen molar-refractivity contribution >= 4 is 28.0 Å². The quantitative estimate of drug-likeness (QED) is 0.635. The van der Waals surface area contributed by atoms with Gasteiger partial charge in [-0.05, 0) is 36.6 Å². The van der Waals surface area contributed by atoms with Crippen molar-refractivity contribution in [3.63, 3.8) is 0 Å². The molecule has 1 aliphatic rings. The number of hydrogen-bond donors (Lipinski definition) is 0. The third kappa shape index (κ3) is 3.21. The first-order valence-corrected chi connectivity index (χ1v) is 6.67.